The van der Waals surface area contributed by atoms with Gasteiger partial charge in [-0.1, -0.05) is 6.92 Å². The molecular formula is C8H16N2O4. The molecule has 1 rings (SSSR count). The summed E-state index contributed by atoms with van der Waals surface area (Å²) in [5.41, 5.74) is 5.00. The van der Waals surface area contributed by atoms with Crippen molar-refractivity contribution in [2.45, 2.75) is 13.3 Å². The van der Waals surface area contributed by atoms with Crippen LogP contribution in [0.1, 0.15) is 13.3 Å². The van der Waals surface area contributed by atoms with Crippen molar-refractivity contribution in [2.24, 2.45) is 5.73 Å². The summed E-state index contributed by atoms with van der Waals surface area (Å²) >= 11 is 0. The van der Waals surface area contributed by atoms with Crippen LogP contribution >= 0.6 is 0 Å². The molecule has 82 valence electrons. The molecule has 6 nitrogen and oxygen atoms in total. The summed E-state index contributed by atoms with van der Waals surface area (Å²) in [6.45, 7) is 4.10. The van der Waals surface area contributed by atoms with E-state index >= 15 is 0 Å². The van der Waals surface area contributed by atoms with Gasteiger partial charge in [0.1, 0.15) is 0 Å². The Labute approximate surface area is 82.6 Å². The highest BCUT2D eigenvalue weighted by molar-refractivity contribution is 5.72. The second-order valence-electron chi connectivity index (χ2n) is 2.68. The quantitative estimate of drug-likeness (QED) is 0.622. The van der Waals surface area contributed by atoms with Gasteiger partial charge in [0.2, 0.25) is 0 Å². The average molecular weight is 204 g/mol. The van der Waals surface area contributed by atoms with Crippen LogP contribution in [0.2, 0.25) is 0 Å². The lowest BCUT2D eigenvalue weighted by Gasteiger charge is -2.24. The van der Waals surface area contributed by atoms with E-state index < -0.39 is 5.97 Å². The molecule has 0 unspecified atom stereocenters. The van der Waals surface area contributed by atoms with Crippen molar-refractivity contribution in [1.29, 1.82) is 0 Å². The summed E-state index contributed by atoms with van der Waals surface area (Å²) in [6.07, 6.45) is 0.222. The van der Waals surface area contributed by atoms with E-state index in [0.717, 1.165) is 0 Å². The molecule has 0 spiro atoms. The Bertz CT molecular complexity index is 190. The van der Waals surface area contributed by atoms with Gasteiger partial charge < -0.3 is 20.5 Å². The van der Waals surface area contributed by atoms with Gasteiger partial charge in [-0.15, -0.1) is 0 Å². The molecule has 0 saturated carbocycles. The standard InChI is InChI=1S/C5H10N2O2.C3H6O2/c6-5(8)7-1-3-9-4-2-7;1-2-3(4)5/h1-4H2,(H2,6,8);2H2,1H3,(H,4,5). The molecule has 0 aromatic rings. The molecule has 3 N–H and O–H groups in total. The summed E-state index contributed by atoms with van der Waals surface area (Å²) in [5, 5.41) is 7.72. The average Bonchev–Trinajstić information content (AvgIpc) is 2.20. The Morgan fingerprint density at radius 1 is 1.43 bits per heavy atom. The molecule has 1 heterocycles. The number of primary amides is 1. The van der Waals surface area contributed by atoms with Crippen LogP contribution in [0.4, 0.5) is 4.79 Å². The molecular weight excluding hydrogens is 188 g/mol. The predicted octanol–water partition coefficient (Wildman–Crippen LogP) is -0.122. The van der Waals surface area contributed by atoms with Crippen LogP contribution in [0.15, 0.2) is 0 Å². The van der Waals surface area contributed by atoms with Crippen LogP contribution in [0.25, 0.3) is 0 Å². The van der Waals surface area contributed by atoms with Gasteiger partial charge in [0.15, 0.2) is 0 Å². The number of nitrogens with zero attached hydrogens (tertiary/aromatic N) is 1. The molecule has 1 saturated heterocycles. The maximum atomic E-state index is 10.4. The first-order valence-electron chi connectivity index (χ1n) is 4.41. The SMILES string of the molecule is CCC(=O)O.NC(=O)N1CCOCC1. The molecule has 1 fully saturated rings. The van der Waals surface area contributed by atoms with Crippen molar-refractivity contribution in [2.75, 3.05) is 26.3 Å². The number of hydrogen-bond donors (Lipinski definition) is 2. The fourth-order valence-corrected chi connectivity index (χ4v) is 0.784. The zero-order chi connectivity index (χ0) is 11.0. The van der Waals surface area contributed by atoms with Gasteiger partial charge >= 0.3 is 12.0 Å². The number of hydrogen-bond acceptors (Lipinski definition) is 3. The lowest BCUT2D eigenvalue weighted by Crippen LogP contribution is -2.43. The number of aliphatic carboxylic acids is 1. The molecule has 0 aliphatic carbocycles. The number of carboxylic acids is 1. The number of carbonyl (C=O) groups excluding carboxylic acids is 1. The Kier molecular flexibility index (Phi) is 6.47. The van der Waals surface area contributed by atoms with Gasteiger partial charge in [-0.25, -0.2) is 4.79 Å². The van der Waals surface area contributed by atoms with Crippen molar-refractivity contribution < 1.29 is 19.4 Å². The van der Waals surface area contributed by atoms with Crippen LogP contribution in [0.5, 0.6) is 0 Å². The highest BCUT2D eigenvalue weighted by Crippen LogP contribution is 1.94. The van der Waals surface area contributed by atoms with Crippen LogP contribution in [0, 0.1) is 0 Å². The van der Waals surface area contributed by atoms with Gasteiger partial charge in [-0.2, -0.15) is 0 Å². The van der Waals surface area contributed by atoms with Crippen LogP contribution < -0.4 is 5.73 Å². The third-order valence-electron chi connectivity index (χ3n) is 1.63. The van der Waals surface area contributed by atoms with E-state index in [1.54, 1.807) is 11.8 Å². The van der Waals surface area contributed by atoms with E-state index in [-0.39, 0.29) is 12.5 Å². The van der Waals surface area contributed by atoms with E-state index in [9.17, 15) is 9.59 Å². The minimum atomic E-state index is -0.745. The molecule has 0 atom stereocenters. The van der Waals surface area contributed by atoms with Gasteiger partial charge in [0, 0.05) is 19.5 Å². The van der Waals surface area contributed by atoms with Crippen molar-refractivity contribution in [1.82, 2.24) is 4.90 Å². The van der Waals surface area contributed by atoms with Gasteiger partial charge in [0.05, 0.1) is 13.2 Å². The normalized spacial score (nSPS) is 15.4. The van der Waals surface area contributed by atoms with Crippen molar-refractivity contribution in [3.63, 3.8) is 0 Å². The van der Waals surface area contributed by atoms with E-state index in [1.165, 1.54) is 0 Å². The van der Waals surface area contributed by atoms with E-state index in [4.69, 9.17) is 15.6 Å². The highest BCUT2D eigenvalue weighted by atomic mass is 16.5. The van der Waals surface area contributed by atoms with E-state index in [1.807, 2.05) is 0 Å². The van der Waals surface area contributed by atoms with E-state index in [2.05, 4.69) is 0 Å². The first-order chi connectivity index (χ1) is 6.57. The Hall–Kier alpha value is -1.30. The summed E-state index contributed by atoms with van der Waals surface area (Å²) < 4.78 is 5.00. The first kappa shape index (κ1) is 12.7. The summed E-state index contributed by atoms with van der Waals surface area (Å²) in [6, 6.07) is -0.349. The molecule has 0 radical (unpaired) electrons. The third kappa shape index (κ3) is 6.24. The number of ether oxygens (including phenoxy) is 1. The Balaban J connectivity index is 0.000000292. The molecule has 0 bridgehead atoms. The monoisotopic (exact) mass is 204 g/mol. The number of rotatable bonds is 1. The summed E-state index contributed by atoms with van der Waals surface area (Å²) in [4.78, 5) is 21.4. The number of amides is 2. The minimum absolute atomic E-state index is 0.222. The topological polar surface area (TPSA) is 92.9 Å². The van der Waals surface area contributed by atoms with Crippen molar-refractivity contribution in [3.05, 3.63) is 0 Å². The van der Waals surface area contributed by atoms with Crippen molar-refractivity contribution in [3.8, 4) is 0 Å². The number of morpholine rings is 1. The molecule has 6 heteroatoms. The summed E-state index contributed by atoms with van der Waals surface area (Å²) in [7, 11) is 0. The van der Waals surface area contributed by atoms with Gasteiger partial charge in [-0.05, 0) is 0 Å². The Morgan fingerprint density at radius 3 is 2.07 bits per heavy atom. The fraction of sp³-hybridized carbons (Fsp3) is 0.750. The molecule has 1 aliphatic rings. The van der Waals surface area contributed by atoms with Gasteiger partial charge in [0.25, 0.3) is 0 Å². The van der Waals surface area contributed by atoms with Gasteiger partial charge in [-0.3, -0.25) is 4.79 Å². The van der Waals surface area contributed by atoms with Crippen LogP contribution in [-0.4, -0.2) is 48.3 Å². The highest BCUT2D eigenvalue weighted by Gasteiger charge is 2.12. The summed E-state index contributed by atoms with van der Waals surface area (Å²) in [5.74, 6) is -0.745. The third-order valence-corrected chi connectivity index (χ3v) is 1.63. The maximum absolute atomic E-state index is 10.4. The predicted molar refractivity (Wildman–Crippen MR) is 49.9 cm³/mol. The lowest BCUT2D eigenvalue weighted by molar-refractivity contribution is -0.136. The second-order valence-corrected chi connectivity index (χ2v) is 2.68. The smallest absolute Gasteiger partial charge is 0.314 e. The number of carbonyl (C=O) groups is 2. The lowest BCUT2D eigenvalue weighted by atomic mass is 10.4. The number of urea groups is 1. The fourth-order valence-electron chi connectivity index (χ4n) is 0.784. The second kappa shape index (κ2) is 7.14. The molecule has 0 aromatic heterocycles. The minimum Gasteiger partial charge on any atom is -0.481 e. The molecule has 14 heavy (non-hydrogen) atoms. The van der Waals surface area contributed by atoms with E-state index in [0.29, 0.717) is 26.3 Å². The zero-order valence-corrected chi connectivity index (χ0v) is 8.23. The van der Waals surface area contributed by atoms with Crippen molar-refractivity contribution >= 4 is 12.0 Å². The zero-order valence-electron chi connectivity index (χ0n) is 8.23. The number of nitrogens with two attached hydrogens (primary N) is 1. The Morgan fingerprint density at radius 2 is 1.86 bits per heavy atom. The largest absolute Gasteiger partial charge is 0.481 e. The molecule has 0 aromatic carbocycles. The molecule has 2 amide bonds. The number of carboxylic acid groups (broad SMARTS) is 1. The van der Waals surface area contributed by atoms with Crippen LogP contribution in [-0.2, 0) is 9.53 Å². The maximum Gasteiger partial charge on any atom is 0.314 e. The molecule has 1 aliphatic heterocycles. The first-order valence-corrected chi connectivity index (χ1v) is 4.41. The van der Waals surface area contributed by atoms with Crippen LogP contribution in [0.3, 0.4) is 0 Å².